The lowest BCUT2D eigenvalue weighted by atomic mass is 10.1. The van der Waals surface area contributed by atoms with Crippen LogP contribution in [0.5, 0.6) is 0 Å². The second-order valence-corrected chi connectivity index (χ2v) is 7.42. The van der Waals surface area contributed by atoms with Gasteiger partial charge in [-0.1, -0.05) is 48.0 Å². The lowest BCUT2D eigenvalue weighted by molar-refractivity contribution is 0.0998. The molecule has 5 heteroatoms. The molecule has 0 saturated carbocycles. The minimum atomic E-state index is -0.269. The average molecular weight is 362 g/mol. The van der Waals surface area contributed by atoms with Crippen LogP contribution in [0.15, 0.2) is 59.1 Å². The van der Waals surface area contributed by atoms with Crippen molar-refractivity contribution in [2.45, 2.75) is 20.3 Å². The first-order chi connectivity index (χ1) is 12.6. The first-order valence-corrected chi connectivity index (χ1v) is 9.21. The van der Waals surface area contributed by atoms with Crippen LogP contribution in [0.3, 0.4) is 0 Å². The topological polar surface area (TPSA) is 55.1 Å². The molecular formula is C21H18N2O2S. The summed E-state index contributed by atoms with van der Waals surface area (Å²) in [7, 11) is 0. The Bertz CT molecular complexity index is 1080. The normalized spacial score (nSPS) is 11.0. The number of carbonyl (C=O) groups is 1. The van der Waals surface area contributed by atoms with Gasteiger partial charge in [-0.15, -0.1) is 11.3 Å². The zero-order valence-corrected chi connectivity index (χ0v) is 15.4. The molecule has 0 spiro atoms. The van der Waals surface area contributed by atoms with Gasteiger partial charge >= 0.3 is 0 Å². The van der Waals surface area contributed by atoms with Gasteiger partial charge in [-0.2, -0.15) is 0 Å². The summed E-state index contributed by atoms with van der Waals surface area (Å²) in [6.45, 7) is 3.97. The minimum absolute atomic E-state index is 0.269. The van der Waals surface area contributed by atoms with E-state index in [1.165, 1.54) is 22.5 Å². The fourth-order valence-electron chi connectivity index (χ4n) is 2.90. The van der Waals surface area contributed by atoms with E-state index in [2.05, 4.69) is 41.5 Å². The summed E-state index contributed by atoms with van der Waals surface area (Å²) in [6, 6.07) is 16.1. The number of benzene rings is 2. The van der Waals surface area contributed by atoms with Crippen LogP contribution in [0.4, 0.5) is 5.13 Å². The number of carbonyl (C=O) groups excluding carboxylic acids is 1. The van der Waals surface area contributed by atoms with Crippen molar-refractivity contribution in [3.05, 3.63) is 82.1 Å². The van der Waals surface area contributed by atoms with Gasteiger partial charge in [0.2, 0.25) is 0 Å². The quantitative estimate of drug-likeness (QED) is 0.532. The Morgan fingerprint density at radius 1 is 1.12 bits per heavy atom. The number of aromatic nitrogens is 1. The summed E-state index contributed by atoms with van der Waals surface area (Å²) in [4.78, 5) is 18.0. The van der Waals surface area contributed by atoms with Gasteiger partial charge in [0.25, 0.3) is 5.91 Å². The van der Waals surface area contributed by atoms with Gasteiger partial charge in [-0.3, -0.25) is 10.1 Å². The highest BCUT2D eigenvalue weighted by Gasteiger charge is 2.18. The molecule has 1 amide bonds. The Hall–Kier alpha value is -2.92. The average Bonchev–Trinajstić information content (AvgIpc) is 3.22. The summed E-state index contributed by atoms with van der Waals surface area (Å²) in [5.74, 6) is 0.0661. The maximum Gasteiger partial charge on any atom is 0.293 e. The standard InChI is InChI=1S/C21H18N2O2S/c1-13-7-9-15(10-8-13)11-16-12-22-21(26-16)23-20(24)19-14(2)17-5-3-4-6-18(17)25-19/h3-10,12H,11H2,1-2H3,(H,22,23,24). The molecular weight excluding hydrogens is 344 g/mol. The van der Waals surface area contributed by atoms with Crippen LogP contribution in [0.1, 0.15) is 32.1 Å². The Morgan fingerprint density at radius 3 is 2.65 bits per heavy atom. The first kappa shape index (κ1) is 16.5. The SMILES string of the molecule is Cc1ccc(Cc2cnc(NC(=O)c3oc4ccccc4c3C)s2)cc1. The van der Waals surface area contributed by atoms with E-state index in [4.69, 9.17) is 4.42 Å². The third kappa shape index (κ3) is 3.26. The third-order valence-corrected chi connectivity index (χ3v) is 5.24. The Kier molecular flexibility index (Phi) is 4.31. The second kappa shape index (κ2) is 6.77. The molecule has 130 valence electrons. The van der Waals surface area contributed by atoms with Gasteiger partial charge in [0, 0.05) is 28.4 Å². The highest BCUT2D eigenvalue weighted by Crippen LogP contribution is 2.27. The van der Waals surface area contributed by atoms with Crippen molar-refractivity contribution in [1.29, 1.82) is 0 Å². The number of nitrogens with one attached hydrogen (secondary N) is 1. The van der Waals surface area contributed by atoms with E-state index in [-0.39, 0.29) is 5.91 Å². The van der Waals surface area contributed by atoms with Crippen LogP contribution in [-0.2, 0) is 6.42 Å². The highest BCUT2D eigenvalue weighted by atomic mass is 32.1. The number of hydrogen-bond acceptors (Lipinski definition) is 4. The van der Waals surface area contributed by atoms with E-state index in [1.54, 1.807) is 0 Å². The lowest BCUT2D eigenvalue weighted by Crippen LogP contribution is -2.11. The van der Waals surface area contributed by atoms with Crippen molar-refractivity contribution in [2.24, 2.45) is 0 Å². The third-order valence-electron chi connectivity index (χ3n) is 4.32. The van der Waals surface area contributed by atoms with E-state index in [0.717, 1.165) is 22.2 Å². The van der Waals surface area contributed by atoms with Crippen LogP contribution in [0.2, 0.25) is 0 Å². The fourth-order valence-corrected chi connectivity index (χ4v) is 3.74. The molecule has 2 aromatic carbocycles. The van der Waals surface area contributed by atoms with E-state index in [1.807, 2.05) is 37.4 Å². The number of nitrogens with zero attached hydrogens (tertiary/aromatic N) is 1. The summed E-state index contributed by atoms with van der Waals surface area (Å²) in [6.07, 6.45) is 2.61. The lowest BCUT2D eigenvalue weighted by Gasteiger charge is -2.00. The summed E-state index contributed by atoms with van der Waals surface area (Å²) < 4.78 is 5.71. The summed E-state index contributed by atoms with van der Waals surface area (Å²) >= 11 is 1.48. The predicted molar refractivity (Wildman–Crippen MR) is 105 cm³/mol. The number of amides is 1. The number of aryl methyl sites for hydroxylation is 2. The number of para-hydroxylation sites is 1. The van der Waals surface area contributed by atoms with Crippen molar-refractivity contribution in [3.63, 3.8) is 0 Å². The molecule has 0 aliphatic heterocycles. The minimum Gasteiger partial charge on any atom is -0.451 e. The molecule has 0 unspecified atom stereocenters. The predicted octanol–water partition coefficient (Wildman–Crippen LogP) is 5.35. The zero-order valence-electron chi connectivity index (χ0n) is 14.6. The largest absolute Gasteiger partial charge is 0.451 e. The molecule has 4 aromatic rings. The Labute approximate surface area is 155 Å². The monoisotopic (exact) mass is 362 g/mol. The molecule has 0 aliphatic carbocycles. The van der Waals surface area contributed by atoms with Gasteiger partial charge in [0.15, 0.2) is 10.9 Å². The second-order valence-electron chi connectivity index (χ2n) is 6.30. The molecule has 0 atom stereocenters. The van der Waals surface area contributed by atoms with Gasteiger partial charge < -0.3 is 4.42 Å². The fraction of sp³-hybridized carbons (Fsp3) is 0.143. The molecule has 0 saturated heterocycles. The summed E-state index contributed by atoms with van der Waals surface area (Å²) in [5.41, 5.74) is 4.03. The maximum absolute atomic E-state index is 12.6. The molecule has 26 heavy (non-hydrogen) atoms. The number of anilines is 1. The maximum atomic E-state index is 12.6. The van der Waals surface area contributed by atoms with Crippen LogP contribution >= 0.6 is 11.3 Å². The van der Waals surface area contributed by atoms with E-state index >= 15 is 0 Å². The van der Waals surface area contributed by atoms with Crippen molar-refractivity contribution >= 4 is 33.3 Å². The molecule has 0 bridgehead atoms. The van der Waals surface area contributed by atoms with E-state index in [0.29, 0.717) is 16.5 Å². The number of thiazole rings is 1. The van der Waals surface area contributed by atoms with Crippen LogP contribution < -0.4 is 5.32 Å². The van der Waals surface area contributed by atoms with E-state index < -0.39 is 0 Å². The molecule has 4 nitrogen and oxygen atoms in total. The van der Waals surface area contributed by atoms with Crippen LogP contribution in [-0.4, -0.2) is 10.9 Å². The van der Waals surface area contributed by atoms with Gasteiger partial charge in [0.05, 0.1) is 0 Å². The van der Waals surface area contributed by atoms with Gasteiger partial charge in [-0.05, 0) is 25.5 Å². The number of furan rings is 1. The zero-order chi connectivity index (χ0) is 18.1. The Balaban J connectivity index is 1.50. The van der Waals surface area contributed by atoms with Crippen LogP contribution in [0, 0.1) is 13.8 Å². The molecule has 4 rings (SSSR count). The van der Waals surface area contributed by atoms with Crippen molar-refractivity contribution in [2.75, 3.05) is 5.32 Å². The number of rotatable bonds is 4. The van der Waals surface area contributed by atoms with E-state index in [9.17, 15) is 4.79 Å². The molecule has 2 heterocycles. The van der Waals surface area contributed by atoms with Crippen molar-refractivity contribution in [1.82, 2.24) is 4.98 Å². The molecule has 1 N–H and O–H groups in total. The van der Waals surface area contributed by atoms with Gasteiger partial charge in [0.1, 0.15) is 5.58 Å². The van der Waals surface area contributed by atoms with Crippen molar-refractivity contribution in [3.8, 4) is 0 Å². The van der Waals surface area contributed by atoms with Crippen LogP contribution in [0.25, 0.3) is 11.0 Å². The number of hydrogen-bond donors (Lipinski definition) is 1. The van der Waals surface area contributed by atoms with Gasteiger partial charge in [-0.25, -0.2) is 4.98 Å². The smallest absolute Gasteiger partial charge is 0.293 e. The summed E-state index contributed by atoms with van der Waals surface area (Å²) in [5, 5.41) is 4.39. The molecule has 0 aliphatic rings. The number of fused-ring (bicyclic) bond motifs is 1. The highest BCUT2D eigenvalue weighted by molar-refractivity contribution is 7.15. The Morgan fingerprint density at radius 2 is 1.88 bits per heavy atom. The molecule has 2 aromatic heterocycles. The first-order valence-electron chi connectivity index (χ1n) is 8.40. The molecule has 0 fully saturated rings. The van der Waals surface area contributed by atoms with Crippen molar-refractivity contribution < 1.29 is 9.21 Å². The molecule has 0 radical (unpaired) electrons.